The zero-order valence-corrected chi connectivity index (χ0v) is 15.3. The van der Waals surface area contributed by atoms with Crippen molar-refractivity contribution in [3.8, 4) is 0 Å². The van der Waals surface area contributed by atoms with Crippen LogP contribution in [0.1, 0.15) is 18.1 Å². The topological polar surface area (TPSA) is 52.7 Å². The lowest BCUT2D eigenvalue weighted by Gasteiger charge is -2.27. The van der Waals surface area contributed by atoms with Gasteiger partial charge in [-0.05, 0) is 37.1 Å². The van der Waals surface area contributed by atoms with E-state index in [9.17, 15) is 22.8 Å². The number of para-hydroxylation sites is 2. The Labute approximate surface area is 160 Å². The minimum absolute atomic E-state index is 0.256. The standard InChI is InChI=1S/C20H20F3N3O2/c1-2-25(19(28)26-12-11-14-7-3-6-10-17(14)26)13-18(27)24-16-9-5-4-8-15(16)20(21,22)23/h3-10H,2,11-13H2,1H3,(H,24,27). The van der Waals surface area contributed by atoms with Crippen LogP contribution in [0.4, 0.5) is 29.3 Å². The van der Waals surface area contributed by atoms with Gasteiger partial charge in [-0.15, -0.1) is 0 Å². The first-order valence-corrected chi connectivity index (χ1v) is 8.91. The smallest absolute Gasteiger partial charge is 0.324 e. The highest BCUT2D eigenvalue weighted by atomic mass is 19.4. The third kappa shape index (κ3) is 4.11. The molecular weight excluding hydrogens is 371 g/mol. The Kier molecular flexibility index (Phi) is 5.58. The number of alkyl halides is 3. The van der Waals surface area contributed by atoms with Gasteiger partial charge >= 0.3 is 12.2 Å². The number of fused-ring (bicyclic) bond motifs is 1. The number of likely N-dealkylation sites (N-methyl/N-ethyl adjacent to an activating group) is 1. The van der Waals surface area contributed by atoms with Crippen molar-refractivity contribution in [1.29, 1.82) is 0 Å². The van der Waals surface area contributed by atoms with Crippen molar-refractivity contribution in [2.75, 3.05) is 29.9 Å². The molecule has 2 aromatic carbocycles. The molecule has 5 nitrogen and oxygen atoms in total. The molecule has 148 valence electrons. The highest BCUT2D eigenvalue weighted by molar-refractivity contribution is 5.99. The molecule has 3 amide bonds. The zero-order valence-electron chi connectivity index (χ0n) is 15.3. The van der Waals surface area contributed by atoms with Gasteiger partial charge in [-0.1, -0.05) is 30.3 Å². The minimum atomic E-state index is -4.58. The van der Waals surface area contributed by atoms with Crippen molar-refractivity contribution < 1.29 is 22.8 Å². The first kappa shape index (κ1) is 19.7. The van der Waals surface area contributed by atoms with Gasteiger partial charge in [0.15, 0.2) is 0 Å². The van der Waals surface area contributed by atoms with E-state index >= 15 is 0 Å². The summed E-state index contributed by atoms with van der Waals surface area (Å²) in [7, 11) is 0. The molecule has 8 heteroatoms. The number of hydrogen-bond donors (Lipinski definition) is 1. The molecule has 0 aromatic heterocycles. The molecular formula is C20H20F3N3O2. The number of rotatable bonds is 4. The second-order valence-corrected chi connectivity index (χ2v) is 6.42. The van der Waals surface area contributed by atoms with Gasteiger partial charge in [0.1, 0.15) is 6.54 Å². The number of hydrogen-bond acceptors (Lipinski definition) is 2. The van der Waals surface area contributed by atoms with Crippen LogP contribution in [0, 0.1) is 0 Å². The zero-order chi connectivity index (χ0) is 20.3. The highest BCUT2D eigenvalue weighted by Gasteiger charge is 2.34. The van der Waals surface area contributed by atoms with Gasteiger partial charge in [-0.25, -0.2) is 4.79 Å². The molecule has 28 heavy (non-hydrogen) atoms. The Hall–Kier alpha value is -3.03. The minimum Gasteiger partial charge on any atom is -0.324 e. The molecule has 1 aliphatic rings. The summed E-state index contributed by atoms with van der Waals surface area (Å²) < 4.78 is 39.2. The quantitative estimate of drug-likeness (QED) is 0.851. The Bertz CT molecular complexity index is 883. The lowest BCUT2D eigenvalue weighted by molar-refractivity contribution is -0.137. The predicted octanol–water partition coefficient (Wildman–Crippen LogP) is 4.15. The van der Waals surface area contributed by atoms with Crippen LogP contribution in [-0.4, -0.2) is 36.5 Å². The maximum Gasteiger partial charge on any atom is 0.418 e. The van der Waals surface area contributed by atoms with E-state index in [1.165, 1.54) is 23.1 Å². The van der Waals surface area contributed by atoms with Crippen LogP contribution in [0.25, 0.3) is 0 Å². The molecule has 0 radical (unpaired) electrons. The molecule has 1 heterocycles. The van der Waals surface area contributed by atoms with E-state index in [-0.39, 0.29) is 24.8 Å². The van der Waals surface area contributed by atoms with Crippen molar-refractivity contribution in [3.63, 3.8) is 0 Å². The van der Waals surface area contributed by atoms with Crippen molar-refractivity contribution in [1.82, 2.24) is 4.90 Å². The summed E-state index contributed by atoms with van der Waals surface area (Å²) >= 11 is 0. The fourth-order valence-corrected chi connectivity index (χ4v) is 3.22. The first-order valence-electron chi connectivity index (χ1n) is 8.91. The lowest BCUT2D eigenvalue weighted by atomic mass is 10.1. The summed E-state index contributed by atoms with van der Waals surface area (Å²) in [5.74, 6) is -0.681. The molecule has 0 saturated carbocycles. The van der Waals surface area contributed by atoms with E-state index in [1.54, 1.807) is 11.8 Å². The van der Waals surface area contributed by atoms with Gasteiger partial charge in [0, 0.05) is 18.8 Å². The number of halogens is 3. The Morgan fingerprint density at radius 3 is 2.50 bits per heavy atom. The number of nitrogens with zero attached hydrogens (tertiary/aromatic N) is 2. The summed E-state index contributed by atoms with van der Waals surface area (Å²) in [5.41, 5.74) is 0.602. The van der Waals surface area contributed by atoms with Crippen LogP contribution in [0.3, 0.4) is 0 Å². The van der Waals surface area contributed by atoms with Crippen LogP contribution in [0.15, 0.2) is 48.5 Å². The van der Waals surface area contributed by atoms with Crippen molar-refractivity contribution in [2.24, 2.45) is 0 Å². The highest BCUT2D eigenvalue weighted by Crippen LogP contribution is 2.34. The van der Waals surface area contributed by atoms with E-state index < -0.39 is 17.6 Å². The third-order valence-corrected chi connectivity index (χ3v) is 4.61. The molecule has 0 unspecified atom stereocenters. The van der Waals surface area contributed by atoms with Gasteiger partial charge < -0.3 is 10.2 Å². The van der Waals surface area contributed by atoms with Crippen LogP contribution in [0.5, 0.6) is 0 Å². The average Bonchev–Trinajstić information content (AvgIpc) is 3.09. The van der Waals surface area contributed by atoms with Crippen LogP contribution >= 0.6 is 0 Å². The maximum absolute atomic E-state index is 13.1. The van der Waals surface area contributed by atoms with Crippen molar-refractivity contribution in [2.45, 2.75) is 19.5 Å². The summed E-state index contributed by atoms with van der Waals surface area (Å²) in [6, 6.07) is 11.9. The van der Waals surface area contributed by atoms with Crippen molar-refractivity contribution >= 4 is 23.3 Å². The number of benzene rings is 2. The molecule has 1 aliphatic heterocycles. The molecule has 3 rings (SSSR count). The maximum atomic E-state index is 13.1. The van der Waals surface area contributed by atoms with Gasteiger partial charge in [0.2, 0.25) is 5.91 Å². The molecule has 1 N–H and O–H groups in total. The molecule has 0 spiro atoms. The summed E-state index contributed by atoms with van der Waals surface area (Å²) in [6.07, 6.45) is -3.85. The van der Waals surface area contributed by atoms with E-state index in [2.05, 4.69) is 5.32 Å². The fourth-order valence-electron chi connectivity index (χ4n) is 3.22. The Morgan fingerprint density at radius 2 is 1.79 bits per heavy atom. The van der Waals surface area contributed by atoms with E-state index in [0.717, 1.165) is 23.7 Å². The van der Waals surface area contributed by atoms with Gasteiger partial charge in [-0.3, -0.25) is 9.69 Å². The van der Waals surface area contributed by atoms with Gasteiger partial charge in [-0.2, -0.15) is 13.2 Å². The number of urea groups is 1. The molecule has 0 fully saturated rings. The van der Waals surface area contributed by atoms with E-state index in [1.807, 2.05) is 24.3 Å². The average molecular weight is 391 g/mol. The van der Waals surface area contributed by atoms with Crippen LogP contribution in [0.2, 0.25) is 0 Å². The number of amides is 3. The summed E-state index contributed by atoms with van der Waals surface area (Å²) in [4.78, 5) is 28.1. The van der Waals surface area contributed by atoms with Crippen molar-refractivity contribution in [3.05, 3.63) is 59.7 Å². The first-order chi connectivity index (χ1) is 13.3. The number of carbonyl (C=O) groups excluding carboxylic acids is 2. The largest absolute Gasteiger partial charge is 0.418 e. The summed E-state index contributed by atoms with van der Waals surface area (Å²) in [5, 5.41) is 2.28. The molecule has 0 atom stereocenters. The Balaban J connectivity index is 1.70. The van der Waals surface area contributed by atoms with Gasteiger partial charge in [0.25, 0.3) is 0 Å². The van der Waals surface area contributed by atoms with E-state index in [0.29, 0.717) is 6.54 Å². The van der Waals surface area contributed by atoms with Gasteiger partial charge in [0.05, 0.1) is 11.3 Å². The SMILES string of the molecule is CCN(CC(=O)Nc1ccccc1C(F)(F)F)C(=O)N1CCc2ccccc21. The van der Waals surface area contributed by atoms with Crippen LogP contribution < -0.4 is 10.2 Å². The molecule has 0 bridgehead atoms. The number of anilines is 2. The fraction of sp³-hybridized carbons (Fsp3) is 0.300. The Morgan fingerprint density at radius 1 is 1.11 bits per heavy atom. The third-order valence-electron chi connectivity index (χ3n) is 4.61. The van der Waals surface area contributed by atoms with E-state index in [4.69, 9.17) is 0 Å². The van der Waals surface area contributed by atoms with Crippen LogP contribution in [-0.2, 0) is 17.4 Å². The second-order valence-electron chi connectivity index (χ2n) is 6.42. The number of carbonyl (C=O) groups is 2. The molecule has 2 aromatic rings. The monoisotopic (exact) mass is 391 g/mol. The molecule has 0 aliphatic carbocycles. The normalized spacial score (nSPS) is 13.2. The summed E-state index contributed by atoms with van der Waals surface area (Å²) in [6.45, 7) is 2.15. The predicted molar refractivity (Wildman–Crippen MR) is 100 cm³/mol. The molecule has 0 saturated heterocycles. The number of nitrogens with one attached hydrogen (secondary N) is 1. The lowest BCUT2D eigenvalue weighted by Crippen LogP contribution is -2.45. The second kappa shape index (κ2) is 7.92.